The van der Waals surface area contributed by atoms with E-state index in [1.807, 2.05) is 6.07 Å². The van der Waals surface area contributed by atoms with Crippen molar-refractivity contribution >= 4 is 0 Å². The lowest BCUT2D eigenvalue weighted by atomic mass is 9.82. The molecule has 18 heavy (non-hydrogen) atoms. The van der Waals surface area contributed by atoms with E-state index < -0.39 is 0 Å². The van der Waals surface area contributed by atoms with Gasteiger partial charge < -0.3 is 14.6 Å². The predicted molar refractivity (Wildman–Crippen MR) is 69.2 cm³/mol. The number of benzene rings is 1. The Hall–Kier alpha value is -1.22. The monoisotopic (exact) mass is 248 g/mol. The summed E-state index contributed by atoms with van der Waals surface area (Å²) in [6.07, 6.45) is 1.51. The van der Waals surface area contributed by atoms with Gasteiger partial charge in [0.15, 0.2) is 11.5 Å². The quantitative estimate of drug-likeness (QED) is 0.767. The second-order valence-corrected chi connectivity index (χ2v) is 5.65. The van der Waals surface area contributed by atoms with E-state index in [4.69, 9.17) is 9.47 Å². The molecule has 3 atom stereocenters. The van der Waals surface area contributed by atoms with Gasteiger partial charge in [0.2, 0.25) is 0 Å². The molecule has 3 unspecified atom stereocenters. The first kappa shape index (κ1) is 11.8. The molecule has 1 aromatic carbocycles. The fraction of sp³-hybridized carbons (Fsp3) is 0.600. The third kappa shape index (κ3) is 1.97. The van der Waals surface area contributed by atoms with E-state index in [-0.39, 0.29) is 6.10 Å². The summed E-state index contributed by atoms with van der Waals surface area (Å²) in [4.78, 5) is 0. The van der Waals surface area contributed by atoms with Crippen molar-refractivity contribution in [2.75, 3.05) is 13.2 Å². The van der Waals surface area contributed by atoms with Crippen molar-refractivity contribution in [2.24, 2.45) is 5.92 Å². The van der Waals surface area contributed by atoms with Gasteiger partial charge in [-0.1, -0.05) is 13.8 Å². The van der Waals surface area contributed by atoms with Crippen LogP contribution in [-0.4, -0.2) is 18.3 Å². The topological polar surface area (TPSA) is 38.7 Å². The van der Waals surface area contributed by atoms with Crippen molar-refractivity contribution in [1.82, 2.24) is 0 Å². The summed E-state index contributed by atoms with van der Waals surface area (Å²) in [5, 5.41) is 10.1. The molecule has 1 aliphatic heterocycles. The number of fused-ring (bicyclic) bond motifs is 2. The maximum Gasteiger partial charge on any atom is 0.161 e. The number of aliphatic hydroxyl groups is 1. The molecule has 1 N–H and O–H groups in total. The second-order valence-electron chi connectivity index (χ2n) is 5.65. The molecule has 0 bridgehead atoms. The molecule has 2 aliphatic rings. The lowest BCUT2D eigenvalue weighted by Crippen LogP contribution is -2.13. The van der Waals surface area contributed by atoms with Gasteiger partial charge in [-0.2, -0.15) is 0 Å². The molecule has 3 rings (SSSR count). The Morgan fingerprint density at radius 3 is 2.28 bits per heavy atom. The molecule has 98 valence electrons. The first-order chi connectivity index (χ1) is 8.65. The zero-order valence-corrected chi connectivity index (χ0v) is 11.0. The van der Waals surface area contributed by atoms with Crippen LogP contribution in [0.4, 0.5) is 0 Å². The highest BCUT2D eigenvalue weighted by Gasteiger charge is 2.27. The summed E-state index contributed by atoms with van der Waals surface area (Å²) in [7, 11) is 0. The maximum absolute atomic E-state index is 10.1. The van der Waals surface area contributed by atoms with E-state index >= 15 is 0 Å². The van der Waals surface area contributed by atoms with Crippen LogP contribution in [0.3, 0.4) is 0 Å². The fourth-order valence-electron chi connectivity index (χ4n) is 2.76. The number of hydrogen-bond donors (Lipinski definition) is 1. The molecule has 0 aromatic heterocycles. The molecule has 0 saturated heterocycles. The van der Waals surface area contributed by atoms with Gasteiger partial charge in [0.05, 0.1) is 19.3 Å². The molecule has 1 heterocycles. The third-order valence-electron chi connectivity index (χ3n) is 3.96. The van der Waals surface area contributed by atoms with Gasteiger partial charge in [-0.05, 0) is 42.0 Å². The van der Waals surface area contributed by atoms with Gasteiger partial charge >= 0.3 is 0 Å². The highest BCUT2D eigenvalue weighted by Crippen LogP contribution is 2.43. The maximum atomic E-state index is 10.1. The van der Waals surface area contributed by atoms with Crippen LogP contribution in [-0.2, 0) is 0 Å². The summed E-state index contributed by atoms with van der Waals surface area (Å²) < 4.78 is 11.6. The van der Waals surface area contributed by atoms with Crippen LogP contribution in [0.5, 0.6) is 11.5 Å². The zero-order valence-electron chi connectivity index (χ0n) is 11.0. The first-order valence-corrected chi connectivity index (χ1v) is 6.76. The number of rotatable bonds is 0. The molecule has 1 aromatic rings. The SMILES string of the molecule is CC1COc2cc3c(cc2OC1)C(O)CCC3C. The third-order valence-corrected chi connectivity index (χ3v) is 3.96. The van der Waals surface area contributed by atoms with Crippen molar-refractivity contribution in [1.29, 1.82) is 0 Å². The van der Waals surface area contributed by atoms with Crippen molar-refractivity contribution < 1.29 is 14.6 Å². The summed E-state index contributed by atoms with van der Waals surface area (Å²) in [5.74, 6) is 2.50. The van der Waals surface area contributed by atoms with Gasteiger partial charge in [0.1, 0.15) is 0 Å². The fourth-order valence-corrected chi connectivity index (χ4v) is 2.76. The Labute approximate surface area is 108 Å². The molecule has 0 spiro atoms. The second kappa shape index (κ2) is 4.47. The van der Waals surface area contributed by atoms with E-state index in [9.17, 15) is 5.11 Å². The summed E-state index contributed by atoms with van der Waals surface area (Å²) in [6.45, 7) is 5.70. The minimum atomic E-state index is -0.356. The molecule has 0 saturated carbocycles. The summed E-state index contributed by atoms with van der Waals surface area (Å²) in [6, 6.07) is 4.04. The molecule has 0 radical (unpaired) electrons. The van der Waals surface area contributed by atoms with Gasteiger partial charge in [-0.15, -0.1) is 0 Å². The largest absolute Gasteiger partial charge is 0.489 e. The average molecular weight is 248 g/mol. The van der Waals surface area contributed by atoms with E-state index in [1.165, 1.54) is 5.56 Å². The van der Waals surface area contributed by atoms with Crippen molar-refractivity contribution in [2.45, 2.75) is 38.7 Å². The minimum Gasteiger partial charge on any atom is -0.489 e. The minimum absolute atomic E-state index is 0.356. The van der Waals surface area contributed by atoms with Gasteiger partial charge in [0.25, 0.3) is 0 Å². The summed E-state index contributed by atoms with van der Waals surface area (Å²) >= 11 is 0. The van der Waals surface area contributed by atoms with Crippen LogP contribution in [0.25, 0.3) is 0 Å². The van der Waals surface area contributed by atoms with E-state index in [0.29, 0.717) is 25.0 Å². The van der Waals surface area contributed by atoms with Crippen LogP contribution < -0.4 is 9.47 Å². The molecular formula is C15H20O3. The molecule has 1 aliphatic carbocycles. The molecule has 0 amide bonds. The molecule has 3 nitrogen and oxygen atoms in total. The average Bonchev–Trinajstić information content (AvgIpc) is 2.55. The summed E-state index contributed by atoms with van der Waals surface area (Å²) in [5.41, 5.74) is 2.23. The Kier molecular flexibility index (Phi) is 2.94. The van der Waals surface area contributed by atoms with Crippen LogP contribution in [0, 0.1) is 5.92 Å². The molecular weight excluding hydrogens is 228 g/mol. The first-order valence-electron chi connectivity index (χ1n) is 6.76. The lowest BCUT2D eigenvalue weighted by molar-refractivity contribution is 0.151. The molecule has 0 fully saturated rings. The van der Waals surface area contributed by atoms with Gasteiger partial charge in [-0.3, -0.25) is 0 Å². The number of hydrogen-bond acceptors (Lipinski definition) is 3. The van der Waals surface area contributed by atoms with Crippen molar-refractivity contribution in [3.63, 3.8) is 0 Å². The van der Waals surface area contributed by atoms with Crippen molar-refractivity contribution in [3.05, 3.63) is 23.3 Å². The lowest BCUT2D eigenvalue weighted by Gasteiger charge is -2.27. The zero-order chi connectivity index (χ0) is 12.7. The van der Waals surface area contributed by atoms with E-state index in [1.54, 1.807) is 0 Å². The Morgan fingerprint density at radius 1 is 1.00 bits per heavy atom. The van der Waals surface area contributed by atoms with Crippen LogP contribution >= 0.6 is 0 Å². The Bertz CT molecular complexity index is 414. The molecule has 3 heteroatoms. The highest BCUT2D eigenvalue weighted by molar-refractivity contribution is 5.50. The standard InChI is InChI=1S/C15H20O3/c1-9-7-17-14-5-11-10(2)3-4-13(16)12(11)6-15(14)18-8-9/h5-6,9-10,13,16H,3-4,7-8H2,1-2H3. The van der Waals surface area contributed by atoms with Crippen LogP contribution in [0.1, 0.15) is 49.8 Å². The Balaban J connectivity index is 2.04. The van der Waals surface area contributed by atoms with Crippen LogP contribution in [0.15, 0.2) is 12.1 Å². The smallest absolute Gasteiger partial charge is 0.161 e. The van der Waals surface area contributed by atoms with Crippen LogP contribution in [0.2, 0.25) is 0 Å². The van der Waals surface area contributed by atoms with Gasteiger partial charge in [-0.25, -0.2) is 0 Å². The van der Waals surface area contributed by atoms with Gasteiger partial charge in [0, 0.05) is 5.92 Å². The normalized spacial score (nSPS) is 30.5. The highest BCUT2D eigenvalue weighted by atomic mass is 16.5. The van der Waals surface area contributed by atoms with E-state index in [2.05, 4.69) is 19.9 Å². The number of ether oxygens (including phenoxy) is 2. The number of aliphatic hydroxyl groups excluding tert-OH is 1. The Morgan fingerprint density at radius 2 is 1.61 bits per heavy atom. The van der Waals surface area contributed by atoms with E-state index in [0.717, 1.165) is 29.9 Å². The van der Waals surface area contributed by atoms with Crippen molar-refractivity contribution in [3.8, 4) is 11.5 Å². The predicted octanol–water partition coefficient (Wildman–Crippen LogP) is 3.02.